The molecule has 3 unspecified atom stereocenters. The van der Waals surface area contributed by atoms with Crippen molar-refractivity contribution in [2.75, 3.05) is 26.4 Å². The van der Waals surface area contributed by atoms with Crippen LogP contribution in [-0.2, 0) is 42.2 Å². The summed E-state index contributed by atoms with van der Waals surface area (Å²) in [6, 6.07) is 0. The lowest BCUT2D eigenvalue weighted by atomic mass is 10.1. The summed E-state index contributed by atoms with van der Waals surface area (Å²) in [5.41, 5.74) is 0. The van der Waals surface area contributed by atoms with E-state index in [2.05, 4.69) is 32.9 Å². The van der Waals surface area contributed by atoms with Crippen molar-refractivity contribution in [2.24, 2.45) is 0 Å². The first-order valence-corrected chi connectivity index (χ1v) is 30.1. The largest absolute Gasteiger partial charge is 0.472 e. The van der Waals surface area contributed by atoms with Crippen molar-refractivity contribution in [1.29, 1.82) is 0 Å². The Kier molecular flexibility index (Phi) is 50.2. The topological polar surface area (TPSA) is 155 Å². The summed E-state index contributed by atoms with van der Waals surface area (Å²) in [4.78, 5) is 48.4. The van der Waals surface area contributed by atoms with Crippen LogP contribution in [0.15, 0.2) is 12.2 Å². The third-order valence-corrected chi connectivity index (χ3v) is 13.6. The van der Waals surface area contributed by atoms with Gasteiger partial charge < -0.3 is 24.2 Å². The van der Waals surface area contributed by atoms with Gasteiger partial charge in [-0.25, -0.2) is 4.57 Å². The van der Waals surface area contributed by atoms with Gasteiger partial charge in [0.25, 0.3) is 0 Å². The highest BCUT2D eigenvalue weighted by molar-refractivity contribution is 7.47. The SMILES string of the molecule is CCCCCCCC/C=C\CCCCCCCCCCCC(=O)OCC(COP(=O)(O)OCC(CO)OC(=O)CCCCCCCCCCCCC)OC(=O)CCCCCCCCCCCCC. The number of hydrogen-bond donors (Lipinski definition) is 2. The summed E-state index contributed by atoms with van der Waals surface area (Å²) in [7, 11) is -4.73. The zero-order valence-electron chi connectivity index (χ0n) is 44.4. The Morgan fingerprint density at radius 1 is 0.397 bits per heavy atom. The molecular formula is C56H107O11P. The van der Waals surface area contributed by atoms with E-state index in [9.17, 15) is 28.9 Å². The van der Waals surface area contributed by atoms with Crippen LogP contribution in [0, 0.1) is 0 Å². The molecule has 0 bridgehead atoms. The quantitative estimate of drug-likeness (QED) is 0.0197. The van der Waals surface area contributed by atoms with E-state index in [4.69, 9.17) is 23.3 Å². The smallest absolute Gasteiger partial charge is 0.462 e. The monoisotopic (exact) mass is 987 g/mol. The standard InChI is InChI=1S/C56H107O11P/c1-4-7-10-13-16-19-22-23-24-25-26-27-28-29-32-33-36-39-42-45-54(58)63-49-53(67-56(60)47-44-41-38-35-31-21-18-15-12-9-6-3)51-65-68(61,62)64-50-52(48-57)66-55(59)46-43-40-37-34-30-20-17-14-11-8-5-2/h23-24,52-53,57H,4-22,25-51H2,1-3H3,(H,61,62)/b24-23-. The Bertz CT molecular complexity index is 1200. The van der Waals surface area contributed by atoms with Gasteiger partial charge in [-0.05, 0) is 44.9 Å². The van der Waals surface area contributed by atoms with E-state index in [1.165, 1.54) is 173 Å². The summed E-state index contributed by atoms with van der Waals surface area (Å²) < 4.78 is 39.4. The van der Waals surface area contributed by atoms with Crippen molar-refractivity contribution in [1.82, 2.24) is 0 Å². The third kappa shape index (κ3) is 49.2. The minimum absolute atomic E-state index is 0.175. The molecule has 0 heterocycles. The van der Waals surface area contributed by atoms with E-state index >= 15 is 0 Å². The molecule has 11 nitrogen and oxygen atoms in total. The van der Waals surface area contributed by atoms with Gasteiger partial charge in [-0.2, -0.15) is 0 Å². The van der Waals surface area contributed by atoms with Crippen LogP contribution >= 0.6 is 7.82 Å². The second kappa shape index (κ2) is 51.6. The molecule has 0 rings (SSSR count). The van der Waals surface area contributed by atoms with Crippen LogP contribution in [0.2, 0.25) is 0 Å². The summed E-state index contributed by atoms with van der Waals surface area (Å²) in [5.74, 6) is -1.44. The fourth-order valence-electron chi connectivity index (χ4n) is 8.29. The number of phosphoric ester groups is 1. The van der Waals surface area contributed by atoms with E-state index in [0.717, 1.165) is 57.8 Å². The molecule has 0 aromatic rings. The predicted octanol–water partition coefficient (Wildman–Crippen LogP) is 16.5. The number of carbonyl (C=O) groups is 3. The van der Waals surface area contributed by atoms with Crippen molar-refractivity contribution in [2.45, 2.75) is 303 Å². The molecule has 68 heavy (non-hydrogen) atoms. The number of hydrogen-bond acceptors (Lipinski definition) is 10. The van der Waals surface area contributed by atoms with Crippen LogP contribution in [0.3, 0.4) is 0 Å². The molecule has 12 heteroatoms. The van der Waals surface area contributed by atoms with Gasteiger partial charge in [-0.1, -0.05) is 238 Å². The van der Waals surface area contributed by atoms with Gasteiger partial charge in [-0.3, -0.25) is 23.4 Å². The molecule has 0 saturated heterocycles. The third-order valence-electron chi connectivity index (χ3n) is 12.7. The summed E-state index contributed by atoms with van der Waals surface area (Å²) in [6.07, 6.45) is 48.9. The average Bonchev–Trinajstić information content (AvgIpc) is 3.32. The minimum atomic E-state index is -4.73. The second-order valence-electron chi connectivity index (χ2n) is 19.5. The first-order chi connectivity index (χ1) is 33.2. The fourth-order valence-corrected chi connectivity index (χ4v) is 9.08. The summed E-state index contributed by atoms with van der Waals surface area (Å²) in [6.45, 7) is 4.66. The Labute approximate surface area is 417 Å². The van der Waals surface area contributed by atoms with Gasteiger partial charge in [0.05, 0.1) is 19.8 Å². The predicted molar refractivity (Wildman–Crippen MR) is 280 cm³/mol. The van der Waals surface area contributed by atoms with Crippen molar-refractivity contribution >= 4 is 25.7 Å². The Hall–Kier alpha value is -1.78. The lowest BCUT2D eigenvalue weighted by molar-refractivity contribution is -0.161. The zero-order chi connectivity index (χ0) is 49.9. The molecule has 0 spiro atoms. The maximum absolute atomic E-state index is 12.9. The summed E-state index contributed by atoms with van der Waals surface area (Å²) >= 11 is 0. The van der Waals surface area contributed by atoms with Crippen molar-refractivity contribution in [3.8, 4) is 0 Å². The number of ether oxygens (including phenoxy) is 3. The molecule has 0 aromatic heterocycles. The molecule has 0 fully saturated rings. The van der Waals surface area contributed by atoms with Gasteiger partial charge in [-0.15, -0.1) is 0 Å². The maximum Gasteiger partial charge on any atom is 0.472 e. The molecule has 0 aliphatic heterocycles. The van der Waals surface area contributed by atoms with Crippen LogP contribution in [0.5, 0.6) is 0 Å². The number of carbonyl (C=O) groups excluding carboxylic acids is 3. The normalized spacial score (nSPS) is 13.4. The summed E-state index contributed by atoms with van der Waals surface area (Å²) in [5, 5.41) is 9.77. The molecule has 2 N–H and O–H groups in total. The lowest BCUT2D eigenvalue weighted by Crippen LogP contribution is -2.30. The number of aliphatic hydroxyl groups is 1. The Morgan fingerprint density at radius 3 is 1.01 bits per heavy atom. The van der Waals surface area contributed by atoms with E-state index in [1.807, 2.05) is 0 Å². The highest BCUT2D eigenvalue weighted by Gasteiger charge is 2.28. The molecule has 0 aliphatic carbocycles. The number of rotatable bonds is 54. The molecule has 0 radical (unpaired) electrons. The average molecular weight is 987 g/mol. The van der Waals surface area contributed by atoms with Crippen molar-refractivity contribution in [3.63, 3.8) is 0 Å². The number of phosphoric acid groups is 1. The molecule has 0 saturated carbocycles. The fraction of sp³-hybridized carbons (Fsp3) is 0.911. The van der Waals surface area contributed by atoms with Gasteiger partial charge in [0, 0.05) is 19.3 Å². The van der Waals surface area contributed by atoms with Crippen LogP contribution in [0.4, 0.5) is 0 Å². The number of allylic oxidation sites excluding steroid dienone is 2. The van der Waals surface area contributed by atoms with Gasteiger partial charge in [0.1, 0.15) is 12.7 Å². The molecule has 0 aromatic carbocycles. The highest BCUT2D eigenvalue weighted by atomic mass is 31.2. The number of esters is 3. The highest BCUT2D eigenvalue weighted by Crippen LogP contribution is 2.43. The first kappa shape index (κ1) is 66.2. The van der Waals surface area contributed by atoms with Crippen LogP contribution < -0.4 is 0 Å². The first-order valence-electron chi connectivity index (χ1n) is 28.6. The zero-order valence-corrected chi connectivity index (χ0v) is 45.2. The minimum Gasteiger partial charge on any atom is -0.462 e. The molecule has 0 amide bonds. The van der Waals surface area contributed by atoms with Gasteiger partial charge >= 0.3 is 25.7 Å². The van der Waals surface area contributed by atoms with E-state index in [1.54, 1.807) is 0 Å². The van der Waals surface area contributed by atoms with Gasteiger partial charge in [0.2, 0.25) is 0 Å². The van der Waals surface area contributed by atoms with E-state index in [-0.39, 0.29) is 25.9 Å². The number of aliphatic hydroxyl groups excluding tert-OH is 1. The Balaban J connectivity index is 4.62. The van der Waals surface area contributed by atoms with Gasteiger partial charge in [0.15, 0.2) is 6.10 Å². The maximum atomic E-state index is 12.9. The Morgan fingerprint density at radius 2 is 0.676 bits per heavy atom. The van der Waals surface area contributed by atoms with Crippen molar-refractivity contribution < 1.29 is 52.2 Å². The molecule has 402 valence electrons. The molecule has 0 aliphatic rings. The lowest BCUT2D eigenvalue weighted by Gasteiger charge is -2.21. The van der Waals surface area contributed by atoms with Crippen LogP contribution in [0.25, 0.3) is 0 Å². The van der Waals surface area contributed by atoms with Crippen molar-refractivity contribution in [3.05, 3.63) is 12.2 Å². The second-order valence-corrected chi connectivity index (χ2v) is 20.9. The molecular weight excluding hydrogens is 880 g/mol. The molecule has 3 atom stereocenters. The van der Waals surface area contributed by atoms with Crippen LogP contribution in [-0.4, -0.2) is 66.5 Å². The van der Waals surface area contributed by atoms with Crippen LogP contribution in [0.1, 0.15) is 290 Å². The number of unbranched alkanes of at least 4 members (excludes halogenated alkanes) is 35. The van der Waals surface area contributed by atoms with E-state index in [0.29, 0.717) is 19.3 Å². The van der Waals surface area contributed by atoms with E-state index < -0.39 is 57.8 Å².